The van der Waals surface area contributed by atoms with Gasteiger partial charge in [0.05, 0.1) is 5.69 Å². The summed E-state index contributed by atoms with van der Waals surface area (Å²) in [5, 5.41) is 12.5. The Hall–Kier alpha value is -1.68. The Bertz CT molecular complexity index is 514. The molecule has 2 N–H and O–H groups in total. The molecular formula is C15H18N2OS. The lowest BCUT2D eigenvalue weighted by Crippen LogP contribution is -2.02. The van der Waals surface area contributed by atoms with E-state index in [9.17, 15) is 5.11 Å². The molecule has 0 fully saturated rings. The molecule has 0 unspecified atom stereocenters. The fourth-order valence-corrected chi connectivity index (χ4v) is 2.41. The average molecular weight is 274 g/mol. The molecule has 2 rings (SSSR count). The summed E-state index contributed by atoms with van der Waals surface area (Å²) < 4.78 is 0. The highest BCUT2D eigenvalue weighted by atomic mass is 32.2. The number of phenolic OH excluding ortho intramolecular Hbond substituents is 1. The molecule has 1 aromatic heterocycles. The summed E-state index contributed by atoms with van der Waals surface area (Å²) in [5.41, 5.74) is 1.05. The number of phenols is 1. The molecule has 0 spiro atoms. The Morgan fingerprint density at radius 3 is 2.68 bits per heavy atom. The normalized spacial score (nSPS) is 10.4. The molecule has 1 aromatic carbocycles. The first kappa shape index (κ1) is 13.7. The van der Waals surface area contributed by atoms with Crippen molar-refractivity contribution in [2.24, 2.45) is 0 Å². The zero-order valence-corrected chi connectivity index (χ0v) is 11.8. The number of hydrogen-bond donors (Lipinski definition) is 2. The van der Waals surface area contributed by atoms with Gasteiger partial charge in [-0.05, 0) is 42.8 Å². The third kappa shape index (κ3) is 4.48. The van der Waals surface area contributed by atoms with Crippen molar-refractivity contribution in [1.82, 2.24) is 4.98 Å². The maximum atomic E-state index is 9.23. The van der Waals surface area contributed by atoms with Crippen molar-refractivity contribution < 1.29 is 5.11 Å². The second-order valence-electron chi connectivity index (χ2n) is 4.22. The minimum absolute atomic E-state index is 0.299. The van der Waals surface area contributed by atoms with Gasteiger partial charge in [-0.25, -0.2) is 4.98 Å². The van der Waals surface area contributed by atoms with E-state index in [0.717, 1.165) is 35.1 Å². The van der Waals surface area contributed by atoms with Crippen LogP contribution in [0.15, 0.2) is 47.4 Å². The Balaban J connectivity index is 1.93. The van der Waals surface area contributed by atoms with Crippen molar-refractivity contribution in [3.8, 4) is 5.75 Å². The third-order valence-corrected chi connectivity index (χ3v) is 3.63. The van der Waals surface area contributed by atoms with Crippen LogP contribution in [0.1, 0.15) is 19.0 Å². The summed E-state index contributed by atoms with van der Waals surface area (Å²) in [7, 11) is 0. The van der Waals surface area contributed by atoms with Crippen molar-refractivity contribution in [2.75, 3.05) is 11.9 Å². The van der Waals surface area contributed by atoms with E-state index < -0.39 is 0 Å². The molecule has 3 nitrogen and oxygen atoms in total. The number of nitrogens with zero attached hydrogens (tertiary/aromatic N) is 1. The first-order valence-corrected chi connectivity index (χ1v) is 7.38. The summed E-state index contributed by atoms with van der Waals surface area (Å²) in [6, 6.07) is 13.3. The largest absolute Gasteiger partial charge is 0.508 e. The molecule has 0 radical (unpaired) electrons. The van der Waals surface area contributed by atoms with Gasteiger partial charge >= 0.3 is 0 Å². The number of rotatable bonds is 6. The first-order chi connectivity index (χ1) is 9.28. The maximum Gasteiger partial charge on any atom is 0.126 e. The van der Waals surface area contributed by atoms with E-state index in [1.54, 1.807) is 23.9 Å². The van der Waals surface area contributed by atoms with Gasteiger partial charge in [-0.2, -0.15) is 0 Å². The SMILES string of the molecule is CCCNc1cccc(CSc2ccc(O)cc2)n1. The van der Waals surface area contributed by atoms with Crippen LogP contribution in [-0.4, -0.2) is 16.6 Å². The lowest BCUT2D eigenvalue weighted by molar-refractivity contribution is 0.475. The molecule has 0 saturated heterocycles. The van der Waals surface area contributed by atoms with Crippen LogP contribution in [0.3, 0.4) is 0 Å². The molecule has 1 heterocycles. The maximum absolute atomic E-state index is 9.23. The van der Waals surface area contributed by atoms with Crippen LogP contribution in [0.25, 0.3) is 0 Å². The third-order valence-electron chi connectivity index (χ3n) is 2.59. The number of anilines is 1. The standard InChI is InChI=1S/C15H18N2OS/c1-2-10-16-15-5-3-4-12(17-15)11-19-14-8-6-13(18)7-9-14/h3-9,18H,2,10-11H2,1H3,(H,16,17). The van der Waals surface area contributed by atoms with Gasteiger partial charge < -0.3 is 10.4 Å². The van der Waals surface area contributed by atoms with Gasteiger partial charge in [0.25, 0.3) is 0 Å². The molecular weight excluding hydrogens is 256 g/mol. The number of nitrogens with one attached hydrogen (secondary N) is 1. The number of hydrogen-bond acceptors (Lipinski definition) is 4. The van der Waals surface area contributed by atoms with Gasteiger partial charge in [0, 0.05) is 17.2 Å². The van der Waals surface area contributed by atoms with Gasteiger partial charge in [0.1, 0.15) is 11.6 Å². The van der Waals surface area contributed by atoms with Crippen molar-refractivity contribution in [2.45, 2.75) is 24.0 Å². The van der Waals surface area contributed by atoms with Crippen molar-refractivity contribution in [3.63, 3.8) is 0 Å². The highest BCUT2D eigenvalue weighted by Crippen LogP contribution is 2.24. The van der Waals surface area contributed by atoms with Gasteiger partial charge in [0.15, 0.2) is 0 Å². The second kappa shape index (κ2) is 7.04. The zero-order chi connectivity index (χ0) is 13.5. The highest BCUT2D eigenvalue weighted by Gasteiger charge is 2.00. The van der Waals surface area contributed by atoms with E-state index in [4.69, 9.17) is 0 Å². The van der Waals surface area contributed by atoms with Crippen molar-refractivity contribution >= 4 is 17.6 Å². The van der Waals surface area contributed by atoms with Gasteiger partial charge in [0.2, 0.25) is 0 Å². The van der Waals surface area contributed by atoms with E-state index in [1.807, 2.05) is 30.3 Å². The quantitative estimate of drug-likeness (QED) is 0.784. The second-order valence-corrected chi connectivity index (χ2v) is 5.27. The average Bonchev–Trinajstić information content (AvgIpc) is 2.45. The number of benzene rings is 1. The van der Waals surface area contributed by atoms with Crippen molar-refractivity contribution in [1.29, 1.82) is 0 Å². The topological polar surface area (TPSA) is 45.1 Å². The molecule has 2 aromatic rings. The molecule has 0 atom stereocenters. The van der Waals surface area contributed by atoms with E-state index in [0.29, 0.717) is 5.75 Å². The Labute approximate surface area is 118 Å². The number of pyridine rings is 1. The summed E-state index contributed by atoms with van der Waals surface area (Å²) in [5.74, 6) is 2.06. The number of aromatic nitrogens is 1. The van der Waals surface area contributed by atoms with Gasteiger partial charge in [-0.1, -0.05) is 13.0 Å². The minimum atomic E-state index is 0.299. The molecule has 0 saturated carbocycles. The fourth-order valence-electron chi connectivity index (χ4n) is 1.61. The highest BCUT2D eigenvalue weighted by molar-refractivity contribution is 7.98. The molecule has 0 amide bonds. The van der Waals surface area contributed by atoms with E-state index in [1.165, 1.54) is 0 Å². The Kier molecular flexibility index (Phi) is 5.10. The molecule has 0 aliphatic heterocycles. The molecule has 19 heavy (non-hydrogen) atoms. The lowest BCUT2D eigenvalue weighted by Gasteiger charge is -2.06. The van der Waals surface area contributed by atoms with Gasteiger partial charge in [-0.3, -0.25) is 0 Å². The summed E-state index contributed by atoms with van der Waals surface area (Å²) in [6.45, 7) is 3.08. The molecule has 0 bridgehead atoms. The fraction of sp³-hybridized carbons (Fsp3) is 0.267. The van der Waals surface area contributed by atoms with Crippen LogP contribution in [-0.2, 0) is 5.75 Å². The van der Waals surface area contributed by atoms with Crippen molar-refractivity contribution in [3.05, 3.63) is 48.2 Å². The van der Waals surface area contributed by atoms with Crippen LogP contribution >= 0.6 is 11.8 Å². The monoisotopic (exact) mass is 274 g/mol. The van der Waals surface area contributed by atoms with E-state index in [2.05, 4.69) is 17.2 Å². The Morgan fingerprint density at radius 1 is 1.16 bits per heavy atom. The summed E-state index contributed by atoms with van der Waals surface area (Å²) in [4.78, 5) is 5.69. The molecule has 0 aliphatic rings. The minimum Gasteiger partial charge on any atom is -0.508 e. The summed E-state index contributed by atoms with van der Waals surface area (Å²) >= 11 is 1.71. The van der Waals surface area contributed by atoms with Crippen LogP contribution in [0.4, 0.5) is 5.82 Å². The molecule has 4 heteroatoms. The molecule has 0 aliphatic carbocycles. The summed E-state index contributed by atoms with van der Waals surface area (Å²) in [6.07, 6.45) is 1.09. The Morgan fingerprint density at radius 2 is 1.95 bits per heavy atom. The van der Waals surface area contributed by atoms with Crippen LogP contribution < -0.4 is 5.32 Å². The predicted molar refractivity (Wildman–Crippen MR) is 80.7 cm³/mol. The first-order valence-electron chi connectivity index (χ1n) is 6.39. The predicted octanol–water partition coefficient (Wildman–Crippen LogP) is 3.90. The van der Waals surface area contributed by atoms with E-state index >= 15 is 0 Å². The van der Waals surface area contributed by atoms with Crippen LogP contribution in [0.5, 0.6) is 5.75 Å². The zero-order valence-electron chi connectivity index (χ0n) is 11.0. The van der Waals surface area contributed by atoms with Crippen LogP contribution in [0.2, 0.25) is 0 Å². The number of thioether (sulfide) groups is 1. The smallest absolute Gasteiger partial charge is 0.126 e. The molecule has 100 valence electrons. The van der Waals surface area contributed by atoms with E-state index in [-0.39, 0.29) is 0 Å². The number of aromatic hydroxyl groups is 1. The van der Waals surface area contributed by atoms with Gasteiger partial charge in [-0.15, -0.1) is 11.8 Å². The van der Waals surface area contributed by atoms with Crippen LogP contribution in [0, 0.1) is 0 Å². The lowest BCUT2D eigenvalue weighted by atomic mass is 10.3.